The van der Waals surface area contributed by atoms with E-state index in [9.17, 15) is 9.59 Å². The van der Waals surface area contributed by atoms with Gasteiger partial charge in [0, 0.05) is 30.6 Å². The maximum absolute atomic E-state index is 12.6. The highest BCUT2D eigenvalue weighted by Crippen LogP contribution is 2.23. The molecule has 2 aromatic rings. The van der Waals surface area contributed by atoms with Gasteiger partial charge in [0.05, 0.1) is 11.7 Å². The average molecular weight is 375 g/mol. The molecule has 0 fully saturated rings. The highest BCUT2D eigenvalue weighted by molar-refractivity contribution is 6.30. The molecule has 0 aliphatic heterocycles. The molecule has 5 N–H and O–H groups in total. The summed E-state index contributed by atoms with van der Waals surface area (Å²) in [6, 6.07) is 8.17. The lowest BCUT2D eigenvalue weighted by molar-refractivity contribution is 0.0948. The Morgan fingerprint density at radius 2 is 2.08 bits per heavy atom. The zero-order chi connectivity index (χ0) is 19.3. The first-order chi connectivity index (χ1) is 12.4. The van der Waals surface area contributed by atoms with Crippen LogP contribution in [0.2, 0.25) is 5.02 Å². The van der Waals surface area contributed by atoms with E-state index in [0.29, 0.717) is 5.02 Å². The van der Waals surface area contributed by atoms with Gasteiger partial charge in [0.15, 0.2) is 5.69 Å². The number of amides is 2. The first-order valence-corrected chi connectivity index (χ1v) is 8.09. The Balaban J connectivity index is 2.49. The second-order valence-electron chi connectivity index (χ2n) is 5.39. The van der Waals surface area contributed by atoms with Crippen molar-refractivity contribution >= 4 is 29.6 Å². The third kappa shape index (κ3) is 4.09. The van der Waals surface area contributed by atoms with E-state index < -0.39 is 11.8 Å². The van der Waals surface area contributed by atoms with E-state index in [4.69, 9.17) is 22.7 Å². The number of carbonyl (C=O) groups excluding carboxylic acids is 2. The van der Waals surface area contributed by atoms with Gasteiger partial charge in [0.2, 0.25) is 0 Å². The summed E-state index contributed by atoms with van der Waals surface area (Å²) < 4.78 is 1.43. The number of nitrogens with zero attached hydrogens (tertiary/aromatic N) is 2. The lowest BCUT2D eigenvalue weighted by atomic mass is 10.1. The van der Waals surface area contributed by atoms with Crippen molar-refractivity contribution in [2.45, 2.75) is 13.0 Å². The molecule has 0 spiro atoms. The van der Waals surface area contributed by atoms with Crippen molar-refractivity contribution in [2.75, 3.05) is 7.05 Å². The summed E-state index contributed by atoms with van der Waals surface area (Å²) in [4.78, 5) is 24.5. The summed E-state index contributed by atoms with van der Waals surface area (Å²) in [7, 11) is 1.48. The summed E-state index contributed by atoms with van der Waals surface area (Å²) in [6.45, 7) is 1.83. The first kappa shape index (κ1) is 19.2. The number of hydrogen-bond acceptors (Lipinski definition) is 5. The molecule has 0 aliphatic carbocycles. The van der Waals surface area contributed by atoms with Gasteiger partial charge in [-0.2, -0.15) is 5.10 Å². The number of rotatable bonds is 6. The van der Waals surface area contributed by atoms with E-state index >= 15 is 0 Å². The molecule has 2 amide bonds. The van der Waals surface area contributed by atoms with E-state index in [-0.39, 0.29) is 23.1 Å². The number of aromatic nitrogens is 2. The molecule has 1 aromatic heterocycles. The molecule has 0 bridgehead atoms. The maximum atomic E-state index is 12.6. The van der Waals surface area contributed by atoms with Crippen molar-refractivity contribution in [3.63, 3.8) is 0 Å². The van der Waals surface area contributed by atoms with Crippen molar-refractivity contribution in [3.05, 3.63) is 64.2 Å². The predicted molar refractivity (Wildman–Crippen MR) is 99.4 cm³/mol. The van der Waals surface area contributed by atoms with Crippen LogP contribution >= 0.6 is 11.6 Å². The summed E-state index contributed by atoms with van der Waals surface area (Å²) in [5, 5.41) is 17.0. The Kier molecular flexibility index (Phi) is 6.13. The molecule has 1 unspecified atom stereocenters. The third-order valence-corrected chi connectivity index (χ3v) is 3.95. The van der Waals surface area contributed by atoms with Gasteiger partial charge in [0.1, 0.15) is 5.69 Å². The highest BCUT2D eigenvalue weighted by Gasteiger charge is 2.23. The zero-order valence-electron chi connectivity index (χ0n) is 14.3. The first-order valence-electron chi connectivity index (χ1n) is 7.72. The fraction of sp³-hybridized carbons (Fsp3) is 0.176. The second kappa shape index (κ2) is 8.30. The minimum atomic E-state index is -0.540. The van der Waals surface area contributed by atoms with Crippen molar-refractivity contribution in [1.82, 2.24) is 20.4 Å². The number of allylic oxidation sites excluding steroid dienone is 1. The summed E-state index contributed by atoms with van der Waals surface area (Å²) in [5.74, 6) is -0.959. The SMILES string of the molecule is CNC(=O)c1cc(C(=O)N/C(C=N)=C/N)n(C(C)c2cccc(Cl)c2)n1. The largest absolute Gasteiger partial charge is 0.403 e. The molecule has 9 heteroatoms. The summed E-state index contributed by atoms with van der Waals surface area (Å²) in [6.07, 6.45) is 2.02. The monoisotopic (exact) mass is 374 g/mol. The van der Waals surface area contributed by atoms with Crippen LogP contribution in [-0.2, 0) is 0 Å². The van der Waals surface area contributed by atoms with E-state index in [0.717, 1.165) is 18.0 Å². The minimum absolute atomic E-state index is 0.0969. The van der Waals surface area contributed by atoms with Crippen molar-refractivity contribution in [2.24, 2.45) is 5.73 Å². The fourth-order valence-corrected chi connectivity index (χ4v) is 2.53. The Morgan fingerprint density at radius 3 is 2.65 bits per heavy atom. The minimum Gasteiger partial charge on any atom is -0.403 e. The number of nitrogens with one attached hydrogen (secondary N) is 3. The zero-order valence-corrected chi connectivity index (χ0v) is 15.0. The van der Waals surface area contributed by atoms with Crippen LogP contribution in [0.1, 0.15) is 39.5 Å². The molecule has 26 heavy (non-hydrogen) atoms. The van der Waals surface area contributed by atoms with Crippen molar-refractivity contribution in [1.29, 1.82) is 5.41 Å². The molecule has 1 aromatic carbocycles. The van der Waals surface area contributed by atoms with Crippen molar-refractivity contribution < 1.29 is 9.59 Å². The van der Waals surface area contributed by atoms with E-state index in [1.165, 1.54) is 17.8 Å². The molecule has 1 heterocycles. The third-order valence-electron chi connectivity index (χ3n) is 3.72. The van der Waals surface area contributed by atoms with Gasteiger partial charge in [0.25, 0.3) is 11.8 Å². The second-order valence-corrected chi connectivity index (χ2v) is 5.83. The predicted octanol–water partition coefficient (Wildman–Crippen LogP) is 1.68. The van der Waals surface area contributed by atoms with E-state index in [1.54, 1.807) is 18.2 Å². The van der Waals surface area contributed by atoms with Gasteiger partial charge >= 0.3 is 0 Å². The molecule has 0 aliphatic rings. The molecule has 2 rings (SSSR count). The normalized spacial score (nSPS) is 12.3. The van der Waals surface area contributed by atoms with Crippen LogP contribution in [0.5, 0.6) is 0 Å². The van der Waals surface area contributed by atoms with Crippen LogP contribution in [0.15, 0.2) is 42.2 Å². The topological polar surface area (TPSA) is 126 Å². The van der Waals surface area contributed by atoms with Crippen LogP contribution in [0.3, 0.4) is 0 Å². The Labute approximate surface area is 155 Å². The number of nitrogens with two attached hydrogens (primary N) is 1. The maximum Gasteiger partial charge on any atom is 0.274 e. The molecule has 8 nitrogen and oxygen atoms in total. The number of carbonyl (C=O) groups is 2. The van der Waals surface area contributed by atoms with Gasteiger partial charge in [-0.1, -0.05) is 23.7 Å². The van der Waals surface area contributed by atoms with Crippen LogP contribution < -0.4 is 16.4 Å². The Morgan fingerprint density at radius 1 is 1.35 bits per heavy atom. The Bertz CT molecular complexity index is 874. The highest BCUT2D eigenvalue weighted by atomic mass is 35.5. The molecular weight excluding hydrogens is 356 g/mol. The molecular formula is C17H19ClN6O2. The average Bonchev–Trinajstić information content (AvgIpc) is 3.10. The number of halogens is 1. The number of benzene rings is 1. The summed E-state index contributed by atoms with van der Waals surface area (Å²) in [5.41, 5.74) is 6.55. The van der Waals surface area contributed by atoms with Gasteiger partial charge in [-0.05, 0) is 24.6 Å². The van der Waals surface area contributed by atoms with Gasteiger partial charge in [-0.15, -0.1) is 0 Å². The molecule has 1 atom stereocenters. The Hall–Kier alpha value is -3.13. The van der Waals surface area contributed by atoms with Gasteiger partial charge < -0.3 is 21.8 Å². The van der Waals surface area contributed by atoms with Crippen LogP contribution in [0, 0.1) is 5.41 Å². The molecule has 136 valence electrons. The van der Waals surface area contributed by atoms with Gasteiger partial charge in [-0.3, -0.25) is 14.3 Å². The molecule has 0 saturated heterocycles. The fourth-order valence-electron chi connectivity index (χ4n) is 2.33. The lowest BCUT2D eigenvalue weighted by Gasteiger charge is -2.16. The van der Waals surface area contributed by atoms with E-state index in [2.05, 4.69) is 15.7 Å². The van der Waals surface area contributed by atoms with Crippen molar-refractivity contribution in [3.8, 4) is 0 Å². The van der Waals surface area contributed by atoms with E-state index in [1.807, 2.05) is 13.0 Å². The van der Waals surface area contributed by atoms with Crippen LogP contribution in [0.4, 0.5) is 0 Å². The summed E-state index contributed by atoms with van der Waals surface area (Å²) >= 11 is 6.04. The molecule has 0 radical (unpaired) electrons. The smallest absolute Gasteiger partial charge is 0.274 e. The lowest BCUT2D eigenvalue weighted by Crippen LogP contribution is -2.28. The van der Waals surface area contributed by atoms with Crippen LogP contribution in [0.25, 0.3) is 0 Å². The molecule has 0 saturated carbocycles. The number of hydrogen-bond donors (Lipinski definition) is 4. The van der Waals surface area contributed by atoms with Gasteiger partial charge in [-0.25, -0.2) is 0 Å². The quantitative estimate of drug-likeness (QED) is 0.574. The van der Waals surface area contributed by atoms with Crippen LogP contribution in [-0.4, -0.2) is 34.9 Å². The standard InChI is InChI=1S/C17H19ClN6O2/c1-10(11-4-3-5-12(18)6-11)24-15(7-14(23-24)16(25)21-2)17(26)22-13(8-19)9-20/h3-10,19H,20H2,1-2H3,(H,21,25)(H,22,26)/b13-9+,19-8?.